The van der Waals surface area contributed by atoms with Crippen molar-refractivity contribution < 1.29 is 4.79 Å². The molecule has 5 heteroatoms. The van der Waals surface area contributed by atoms with E-state index in [1.165, 1.54) is 11.1 Å². The largest absolute Gasteiger partial charge is 0.314 e. The highest BCUT2D eigenvalue weighted by Crippen LogP contribution is 2.66. The number of para-hydroxylation sites is 1. The van der Waals surface area contributed by atoms with Crippen LogP contribution in [0, 0.1) is 3.70 Å². The Morgan fingerprint density at radius 3 is 3.00 bits per heavy atom. The van der Waals surface area contributed by atoms with Crippen LogP contribution in [0.3, 0.4) is 0 Å². The number of rotatable bonds is 1. The van der Waals surface area contributed by atoms with Crippen molar-refractivity contribution in [2.75, 3.05) is 11.9 Å². The summed E-state index contributed by atoms with van der Waals surface area (Å²) in [6.45, 7) is 0. The maximum Gasteiger partial charge on any atom is 0.238 e. The van der Waals surface area contributed by atoms with Crippen molar-refractivity contribution in [3.63, 3.8) is 0 Å². The van der Waals surface area contributed by atoms with Crippen molar-refractivity contribution in [1.82, 2.24) is 10.2 Å². The molecular weight excluding hydrogens is 401 g/mol. The summed E-state index contributed by atoms with van der Waals surface area (Å²) in [5, 5.41) is 8.51. The molecule has 1 saturated carbocycles. The van der Waals surface area contributed by atoms with Crippen LogP contribution in [0.15, 0.2) is 42.5 Å². The van der Waals surface area contributed by atoms with E-state index in [0.717, 1.165) is 26.7 Å². The Bertz CT molecular complexity index is 979. The number of anilines is 1. The van der Waals surface area contributed by atoms with Crippen LogP contribution < -0.4 is 4.90 Å². The Labute approximate surface area is 147 Å². The molecule has 1 aromatic heterocycles. The van der Waals surface area contributed by atoms with E-state index in [1.807, 2.05) is 30.1 Å². The number of amides is 1. The lowest BCUT2D eigenvalue weighted by molar-refractivity contribution is -0.120. The summed E-state index contributed by atoms with van der Waals surface area (Å²) in [5.41, 5.74) is 4.05. The third-order valence-corrected chi connectivity index (χ3v) is 6.15. The standard InChI is InChI=1S/C18H14IN3O/c1-22-15-5-3-2-4-12(15)18(17(22)23)9-13(18)10-6-7-11-14(8-10)20-21-16(11)19/h2-8,13H,9H2,1H3,(H,20,21)/t13-,18?/m1/s1. The van der Waals surface area contributed by atoms with Gasteiger partial charge in [0.05, 0.1) is 10.9 Å². The fourth-order valence-electron chi connectivity index (χ4n) is 4.08. The summed E-state index contributed by atoms with van der Waals surface area (Å²) in [6.07, 6.45) is 0.889. The van der Waals surface area contributed by atoms with Crippen molar-refractivity contribution in [1.29, 1.82) is 0 Å². The van der Waals surface area contributed by atoms with Gasteiger partial charge in [-0.2, -0.15) is 5.10 Å². The number of likely N-dealkylation sites (N-methyl/N-ethyl adjacent to an activating group) is 1. The molecule has 2 heterocycles. The van der Waals surface area contributed by atoms with Crippen LogP contribution in [-0.2, 0) is 10.2 Å². The van der Waals surface area contributed by atoms with E-state index in [4.69, 9.17) is 0 Å². The second kappa shape index (κ2) is 4.35. The summed E-state index contributed by atoms with van der Waals surface area (Å²) in [6, 6.07) is 14.5. The van der Waals surface area contributed by atoms with Gasteiger partial charge in [0.15, 0.2) is 0 Å². The number of carbonyl (C=O) groups excluding carboxylic acids is 1. The van der Waals surface area contributed by atoms with Gasteiger partial charge >= 0.3 is 0 Å². The van der Waals surface area contributed by atoms with E-state index >= 15 is 0 Å². The number of fused-ring (bicyclic) bond motifs is 3. The summed E-state index contributed by atoms with van der Waals surface area (Å²) >= 11 is 2.26. The van der Waals surface area contributed by atoms with E-state index in [-0.39, 0.29) is 17.2 Å². The van der Waals surface area contributed by atoms with Gasteiger partial charge in [-0.15, -0.1) is 0 Å². The number of benzene rings is 2. The van der Waals surface area contributed by atoms with E-state index < -0.39 is 0 Å². The van der Waals surface area contributed by atoms with E-state index in [9.17, 15) is 4.79 Å². The zero-order chi connectivity index (χ0) is 15.8. The van der Waals surface area contributed by atoms with Gasteiger partial charge in [-0.05, 0) is 58.3 Å². The van der Waals surface area contributed by atoms with Gasteiger partial charge in [0.1, 0.15) is 3.70 Å². The second-order valence-electron chi connectivity index (χ2n) is 6.42. The number of H-pyrrole nitrogens is 1. The lowest BCUT2D eigenvalue weighted by Gasteiger charge is -2.11. The number of carbonyl (C=O) groups is 1. The Balaban J connectivity index is 1.63. The lowest BCUT2D eigenvalue weighted by Crippen LogP contribution is -2.29. The Hall–Kier alpha value is -1.89. The van der Waals surface area contributed by atoms with Crippen LogP contribution in [0.1, 0.15) is 23.5 Å². The zero-order valence-electron chi connectivity index (χ0n) is 12.5. The second-order valence-corrected chi connectivity index (χ2v) is 7.50. The molecule has 2 atom stereocenters. The number of nitrogens with one attached hydrogen (secondary N) is 1. The molecule has 0 saturated heterocycles. The molecule has 1 amide bonds. The first kappa shape index (κ1) is 13.5. The molecule has 3 aromatic rings. The number of nitrogens with zero attached hydrogens (tertiary/aromatic N) is 2. The molecule has 114 valence electrons. The van der Waals surface area contributed by atoms with Gasteiger partial charge in [-0.25, -0.2) is 0 Å². The number of aromatic amines is 1. The van der Waals surface area contributed by atoms with Crippen molar-refractivity contribution in [3.8, 4) is 0 Å². The topological polar surface area (TPSA) is 49.0 Å². The summed E-state index contributed by atoms with van der Waals surface area (Å²) < 4.78 is 1.05. The van der Waals surface area contributed by atoms with Gasteiger partial charge in [-0.3, -0.25) is 9.89 Å². The number of hydrogen-bond acceptors (Lipinski definition) is 2. The summed E-state index contributed by atoms with van der Waals surface area (Å²) in [4.78, 5) is 14.7. The maximum atomic E-state index is 12.9. The fourth-order valence-corrected chi connectivity index (χ4v) is 4.66. The Morgan fingerprint density at radius 2 is 2.13 bits per heavy atom. The monoisotopic (exact) mass is 415 g/mol. The van der Waals surface area contributed by atoms with Gasteiger partial charge in [0, 0.05) is 24.0 Å². The first-order valence-electron chi connectivity index (χ1n) is 7.64. The molecule has 2 aromatic carbocycles. The van der Waals surface area contributed by atoms with Gasteiger partial charge < -0.3 is 4.90 Å². The molecule has 5 rings (SSSR count). The van der Waals surface area contributed by atoms with Crippen LogP contribution in [-0.4, -0.2) is 23.2 Å². The predicted molar refractivity (Wildman–Crippen MR) is 97.7 cm³/mol. The van der Waals surface area contributed by atoms with Crippen molar-refractivity contribution in [2.24, 2.45) is 0 Å². The van der Waals surface area contributed by atoms with E-state index in [2.05, 4.69) is 57.1 Å². The first-order valence-corrected chi connectivity index (χ1v) is 8.72. The molecule has 1 aliphatic heterocycles. The SMILES string of the molecule is CN1C(=O)C2(C[C@@H]2c2ccc3c(I)[nH]nc3c2)c2ccccc21. The highest BCUT2D eigenvalue weighted by molar-refractivity contribution is 14.1. The van der Waals surface area contributed by atoms with Crippen LogP contribution in [0.25, 0.3) is 10.9 Å². The van der Waals surface area contributed by atoms with E-state index in [1.54, 1.807) is 0 Å². The molecule has 1 spiro atoms. The molecule has 0 radical (unpaired) electrons. The minimum Gasteiger partial charge on any atom is -0.314 e. The summed E-state index contributed by atoms with van der Waals surface area (Å²) in [5.74, 6) is 0.472. The van der Waals surface area contributed by atoms with Gasteiger partial charge in [-0.1, -0.05) is 24.3 Å². The molecule has 1 unspecified atom stereocenters. The zero-order valence-corrected chi connectivity index (χ0v) is 14.7. The van der Waals surface area contributed by atoms with Crippen LogP contribution in [0.2, 0.25) is 0 Å². The van der Waals surface area contributed by atoms with E-state index in [0.29, 0.717) is 0 Å². The molecule has 1 aliphatic carbocycles. The summed E-state index contributed by atoms with van der Waals surface area (Å²) in [7, 11) is 1.88. The van der Waals surface area contributed by atoms with Crippen LogP contribution in [0.4, 0.5) is 5.69 Å². The maximum absolute atomic E-state index is 12.9. The van der Waals surface area contributed by atoms with Crippen LogP contribution in [0.5, 0.6) is 0 Å². The van der Waals surface area contributed by atoms with Crippen LogP contribution >= 0.6 is 22.6 Å². The van der Waals surface area contributed by atoms with Crippen molar-refractivity contribution >= 4 is 45.1 Å². The molecule has 23 heavy (non-hydrogen) atoms. The average molecular weight is 415 g/mol. The van der Waals surface area contributed by atoms with Crippen molar-refractivity contribution in [3.05, 3.63) is 57.3 Å². The number of halogens is 1. The quantitative estimate of drug-likeness (QED) is 0.618. The predicted octanol–water partition coefficient (Wildman–Crippen LogP) is 3.57. The molecule has 0 bridgehead atoms. The number of hydrogen-bond donors (Lipinski definition) is 1. The molecule has 1 N–H and O–H groups in total. The third kappa shape index (κ3) is 1.60. The molecule has 2 aliphatic rings. The van der Waals surface area contributed by atoms with Gasteiger partial charge in [0.2, 0.25) is 5.91 Å². The fraction of sp³-hybridized carbons (Fsp3) is 0.222. The smallest absolute Gasteiger partial charge is 0.238 e. The molecular formula is C18H14IN3O. The van der Waals surface area contributed by atoms with Gasteiger partial charge in [0.25, 0.3) is 0 Å². The lowest BCUT2D eigenvalue weighted by atomic mass is 9.92. The Kier molecular flexibility index (Phi) is 2.56. The average Bonchev–Trinajstić information content (AvgIpc) is 3.19. The Morgan fingerprint density at radius 1 is 1.30 bits per heavy atom. The minimum absolute atomic E-state index is 0.223. The third-order valence-electron chi connectivity index (χ3n) is 5.33. The molecule has 4 nitrogen and oxygen atoms in total. The first-order chi connectivity index (χ1) is 11.1. The van der Waals surface area contributed by atoms with Crippen molar-refractivity contribution in [2.45, 2.75) is 17.8 Å². The minimum atomic E-state index is -0.359. The number of aromatic nitrogens is 2. The normalized spacial score (nSPS) is 25.4. The highest BCUT2D eigenvalue weighted by Gasteiger charge is 2.66. The molecule has 1 fully saturated rings. The highest BCUT2D eigenvalue weighted by atomic mass is 127.